The van der Waals surface area contributed by atoms with Crippen molar-refractivity contribution >= 4 is 46.4 Å². The van der Waals surface area contributed by atoms with Crippen molar-refractivity contribution < 1.29 is 14.5 Å². The molecule has 0 aliphatic heterocycles. The van der Waals surface area contributed by atoms with E-state index in [4.69, 9.17) is 27.9 Å². The summed E-state index contributed by atoms with van der Waals surface area (Å²) in [6.45, 7) is 4.21. The molecule has 0 unspecified atom stereocenters. The molecule has 0 spiro atoms. The van der Waals surface area contributed by atoms with Gasteiger partial charge in [-0.15, -0.1) is 0 Å². The van der Waals surface area contributed by atoms with Gasteiger partial charge in [-0.25, -0.2) is 9.97 Å². The van der Waals surface area contributed by atoms with Crippen LogP contribution in [0.1, 0.15) is 20.3 Å². The molecule has 156 valence electrons. The molecule has 0 atom stereocenters. The van der Waals surface area contributed by atoms with Gasteiger partial charge in [-0.1, -0.05) is 37.0 Å². The lowest BCUT2D eigenvalue weighted by molar-refractivity contribution is -0.383. The number of aromatic nitrogens is 2. The molecule has 0 aliphatic carbocycles. The first-order valence-corrected chi connectivity index (χ1v) is 9.39. The SMILES string of the molecule is CC(C)CCNc1ncnc(NNC(=O)COc2ccc(Cl)cc2Cl)c1[N+](=O)[O-]. The smallest absolute Gasteiger partial charge is 0.354 e. The van der Waals surface area contributed by atoms with E-state index >= 15 is 0 Å². The maximum atomic E-state index is 12.0. The molecule has 12 heteroatoms. The van der Waals surface area contributed by atoms with E-state index in [9.17, 15) is 14.9 Å². The van der Waals surface area contributed by atoms with Crippen LogP contribution >= 0.6 is 23.2 Å². The molecule has 2 aromatic rings. The predicted molar refractivity (Wildman–Crippen MR) is 110 cm³/mol. The first-order chi connectivity index (χ1) is 13.8. The van der Waals surface area contributed by atoms with Crippen molar-refractivity contribution in [2.75, 3.05) is 23.9 Å². The van der Waals surface area contributed by atoms with Crippen LogP contribution in [-0.2, 0) is 4.79 Å². The van der Waals surface area contributed by atoms with E-state index in [1.54, 1.807) is 6.07 Å². The summed E-state index contributed by atoms with van der Waals surface area (Å²) < 4.78 is 5.30. The number of rotatable bonds is 10. The fraction of sp³-hybridized carbons (Fsp3) is 0.353. The molecule has 3 N–H and O–H groups in total. The average Bonchev–Trinajstić information content (AvgIpc) is 2.65. The van der Waals surface area contributed by atoms with Crippen LogP contribution in [0.15, 0.2) is 24.5 Å². The molecule has 2 rings (SSSR count). The zero-order chi connectivity index (χ0) is 21.4. The van der Waals surface area contributed by atoms with Crippen molar-refractivity contribution in [1.29, 1.82) is 0 Å². The first-order valence-electron chi connectivity index (χ1n) is 8.64. The molecule has 10 nitrogen and oxygen atoms in total. The number of nitrogens with zero attached hydrogens (tertiary/aromatic N) is 3. The molecular weight excluding hydrogens is 423 g/mol. The third kappa shape index (κ3) is 6.91. The lowest BCUT2D eigenvalue weighted by atomic mass is 10.1. The Balaban J connectivity index is 1.98. The summed E-state index contributed by atoms with van der Waals surface area (Å²) in [5.41, 5.74) is 4.34. The summed E-state index contributed by atoms with van der Waals surface area (Å²) in [6.07, 6.45) is 1.97. The van der Waals surface area contributed by atoms with Crippen LogP contribution in [0, 0.1) is 16.0 Å². The van der Waals surface area contributed by atoms with Crippen LogP contribution in [0.3, 0.4) is 0 Å². The number of nitrogens with one attached hydrogen (secondary N) is 3. The Kier molecular flexibility index (Phi) is 8.22. The topological polar surface area (TPSA) is 131 Å². The van der Waals surface area contributed by atoms with Crippen molar-refractivity contribution in [3.05, 3.63) is 44.7 Å². The second-order valence-electron chi connectivity index (χ2n) is 6.32. The van der Waals surface area contributed by atoms with E-state index in [2.05, 4.69) is 26.1 Å². The number of halogens is 2. The van der Waals surface area contributed by atoms with E-state index in [-0.39, 0.29) is 34.7 Å². The maximum absolute atomic E-state index is 12.0. The van der Waals surface area contributed by atoms with Gasteiger partial charge in [0.1, 0.15) is 12.1 Å². The monoisotopic (exact) mass is 442 g/mol. The molecular formula is C17H20Cl2N6O4. The highest BCUT2D eigenvalue weighted by molar-refractivity contribution is 6.35. The lowest BCUT2D eigenvalue weighted by Gasteiger charge is -2.12. The second-order valence-corrected chi connectivity index (χ2v) is 7.17. The van der Waals surface area contributed by atoms with Gasteiger partial charge in [0.05, 0.1) is 9.95 Å². The minimum atomic E-state index is -0.629. The molecule has 0 saturated heterocycles. The molecule has 0 bridgehead atoms. The van der Waals surface area contributed by atoms with E-state index < -0.39 is 10.8 Å². The number of hydrogen-bond donors (Lipinski definition) is 3. The first kappa shape index (κ1) is 22.4. The number of carbonyl (C=O) groups is 1. The fourth-order valence-corrected chi connectivity index (χ4v) is 2.62. The molecule has 29 heavy (non-hydrogen) atoms. The summed E-state index contributed by atoms with van der Waals surface area (Å²) in [5, 5.41) is 15.0. The number of anilines is 2. The number of carbonyl (C=O) groups excluding carboxylic acids is 1. The van der Waals surface area contributed by atoms with Gasteiger partial charge in [-0.3, -0.25) is 25.8 Å². The van der Waals surface area contributed by atoms with Crippen LogP contribution < -0.4 is 20.9 Å². The third-order valence-electron chi connectivity index (χ3n) is 3.59. The minimum absolute atomic E-state index is 0.0617. The van der Waals surface area contributed by atoms with Crippen LogP contribution in [-0.4, -0.2) is 34.0 Å². The van der Waals surface area contributed by atoms with Gasteiger partial charge in [0.15, 0.2) is 6.61 Å². The highest BCUT2D eigenvalue weighted by Crippen LogP contribution is 2.29. The Bertz CT molecular complexity index is 881. The van der Waals surface area contributed by atoms with Gasteiger partial charge in [-0.2, -0.15) is 0 Å². The highest BCUT2D eigenvalue weighted by atomic mass is 35.5. The normalized spacial score (nSPS) is 10.5. The highest BCUT2D eigenvalue weighted by Gasteiger charge is 2.23. The van der Waals surface area contributed by atoms with Crippen molar-refractivity contribution in [1.82, 2.24) is 15.4 Å². The van der Waals surface area contributed by atoms with Gasteiger partial charge < -0.3 is 10.1 Å². The van der Waals surface area contributed by atoms with Crippen molar-refractivity contribution in [2.45, 2.75) is 20.3 Å². The van der Waals surface area contributed by atoms with E-state index in [1.165, 1.54) is 12.1 Å². The Hall–Kier alpha value is -2.85. The van der Waals surface area contributed by atoms with E-state index in [1.807, 2.05) is 13.8 Å². The molecule has 0 fully saturated rings. The fourth-order valence-electron chi connectivity index (χ4n) is 2.15. The Labute approximate surface area is 177 Å². The number of amides is 1. The molecule has 0 aliphatic rings. The summed E-state index contributed by atoms with van der Waals surface area (Å²) >= 11 is 11.8. The minimum Gasteiger partial charge on any atom is -0.482 e. The standard InChI is InChI=1S/C17H20Cl2N6O4/c1-10(2)5-6-20-16-15(25(27)28)17(22-9-21-16)24-23-14(26)8-29-13-4-3-11(18)7-12(13)19/h3-4,7,9-10H,5-6,8H2,1-2H3,(H,23,26)(H2,20,21,22,24). The predicted octanol–water partition coefficient (Wildman–Crippen LogP) is 3.67. The van der Waals surface area contributed by atoms with E-state index in [0.29, 0.717) is 17.5 Å². The molecule has 1 heterocycles. The average molecular weight is 443 g/mol. The van der Waals surface area contributed by atoms with Gasteiger partial charge in [0.25, 0.3) is 5.91 Å². The van der Waals surface area contributed by atoms with Crippen LogP contribution in [0.25, 0.3) is 0 Å². The zero-order valence-corrected chi connectivity index (χ0v) is 17.3. The number of hydrazine groups is 1. The second kappa shape index (κ2) is 10.6. The van der Waals surface area contributed by atoms with Gasteiger partial charge >= 0.3 is 5.69 Å². The summed E-state index contributed by atoms with van der Waals surface area (Å²) in [7, 11) is 0. The van der Waals surface area contributed by atoms with Crippen LogP contribution in [0.2, 0.25) is 10.0 Å². The van der Waals surface area contributed by atoms with Crippen molar-refractivity contribution in [3.8, 4) is 5.75 Å². The zero-order valence-electron chi connectivity index (χ0n) is 15.7. The molecule has 0 saturated carbocycles. The quantitative estimate of drug-likeness (QED) is 0.375. The molecule has 1 aromatic carbocycles. The summed E-state index contributed by atoms with van der Waals surface area (Å²) in [5.74, 6) is 0.00468. The molecule has 1 aromatic heterocycles. The van der Waals surface area contributed by atoms with Crippen LogP contribution in [0.4, 0.5) is 17.3 Å². The van der Waals surface area contributed by atoms with Gasteiger partial charge in [0, 0.05) is 11.6 Å². The Morgan fingerprint density at radius 2 is 2.00 bits per heavy atom. The number of nitro groups is 1. The van der Waals surface area contributed by atoms with Gasteiger partial charge in [-0.05, 0) is 30.5 Å². The van der Waals surface area contributed by atoms with E-state index in [0.717, 1.165) is 12.7 Å². The molecule has 1 amide bonds. The maximum Gasteiger partial charge on any atom is 0.354 e. The number of hydrogen-bond acceptors (Lipinski definition) is 8. The summed E-state index contributed by atoms with van der Waals surface area (Å²) in [6, 6.07) is 4.57. The van der Waals surface area contributed by atoms with Crippen molar-refractivity contribution in [2.24, 2.45) is 5.92 Å². The van der Waals surface area contributed by atoms with Crippen molar-refractivity contribution in [3.63, 3.8) is 0 Å². The molecule has 0 radical (unpaired) electrons. The Morgan fingerprint density at radius 1 is 1.28 bits per heavy atom. The number of benzene rings is 1. The van der Waals surface area contributed by atoms with Crippen LogP contribution in [0.5, 0.6) is 5.75 Å². The largest absolute Gasteiger partial charge is 0.482 e. The third-order valence-corrected chi connectivity index (χ3v) is 4.12. The number of ether oxygens (including phenoxy) is 1. The lowest BCUT2D eigenvalue weighted by Crippen LogP contribution is -2.34. The van der Waals surface area contributed by atoms with Gasteiger partial charge in [0.2, 0.25) is 11.6 Å². The Morgan fingerprint density at radius 3 is 2.66 bits per heavy atom. The summed E-state index contributed by atoms with van der Waals surface area (Å²) in [4.78, 5) is 30.5.